The van der Waals surface area contributed by atoms with Gasteiger partial charge in [-0.15, -0.1) is 0 Å². The molecular weight excluding hydrogens is 452 g/mol. The smallest absolute Gasteiger partial charge is 0.324 e. The summed E-state index contributed by atoms with van der Waals surface area (Å²) >= 11 is 0. The predicted molar refractivity (Wildman–Crippen MR) is 132 cm³/mol. The van der Waals surface area contributed by atoms with E-state index in [9.17, 15) is 4.79 Å². The maximum Gasteiger partial charge on any atom is 0.324 e. The number of urea groups is 1. The third-order valence-corrected chi connectivity index (χ3v) is 5.19. The van der Waals surface area contributed by atoms with Crippen LogP contribution in [0.4, 0.5) is 16.3 Å². The highest BCUT2D eigenvalue weighted by molar-refractivity contribution is 6.04. The van der Waals surface area contributed by atoms with Crippen LogP contribution in [0.15, 0.2) is 54.6 Å². The molecule has 3 aromatic carbocycles. The molecule has 10 nitrogen and oxygen atoms in total. The third kappa shape index (κ3) is 5.67. The molecule has 0 atom stereocenters. The van der Waals surface area contributed by atoms with E-state index in [1.807, 2.05) is 24.3 Å². The van der Waals surface area contributed by atoms with Crippen molar-refractivity contribution in [1.82, 2.24) is 10.2 Å². The molecule has 35 heavy (non-hydrogen) atoms. The molecule has 10 heteroatoms. The van der Waals surface area contributed by atoms with Gasteiger partial charge in [-0.25, -0.2) is 4.79 Å². The second-order valence-corrected chi connectivity index (χ2v) is 7.47. The lowest BCUT2D eigenvalue weighted by Crippen LogP contribution is -2.19. The topological polar surface area (TPSA) is 116 Å². The van der Waals surface area contributed by atoms with Crippen LogP contribution in [0, 0.1) is 0 Å². The van der Waals surface area contributed by atoms with Crippen molar-refractivity contribution >= 4 is 28.4 Å². The maximum absolute atomic E-state index is 12.6. The van der Waals surface area contributed by atoms with E-state index in [-0.39, 0.29) is 0 Å². The fraction of sp³-hybridized carbons (Fsp3) is 0.200. The normalized spacial score (nSPS) is 10.5. The van der Waals surface area contributed by atoms with Gasteiger partial charge in [0.2, 0.25) is 0 Å². The van der Waals surface area contributed by atoms with Gasteiger partial charge in [-0.3, -0.25) is 10.4 Å². The fourth-order valence-electron chi connectivity index (χ4n) is 3.44. The Bertz CT molecular complexity index is 1290. The molecule has 1 heterocycles. The molecular formula is C25H26N4O6. The van der Waals surface area contributed by atoms with Gasteiger partial charge in [0, 0.05) is 35.3 Å². The van der Waals surface area contributed by atoms with Crippen molar-refractivity contribution in [2.45, 2.75) is 6.61 Å². The molecule has 0 aliphatic carbocycles. The molecule has 0 unspecified atom stereocenters. The van der Waals surface area contributed by atoms with Crippen molar-refractivity contribution in [3.05, 3.63) is 60.2 Å². The number of fused-ring (bicyclic) bond motifs is 1. The Hall–Kier alpha value is -4.60. The summed E-state index contributed by atoms with van der Waals surface area (Å²) in [5.41, 5.74) is 2.15. The van der Waals surface area contributed by atoms with Crippen molar-refractivity contribution in [2.24, 2.45) is 0 Å². The molecule has 2 amide bonds. The van der Waals surface area contributed by atoms with Crippen LogP contribution in [-0.2, 0) is 6.61 Å². The fourth-order valence-corrected chi connectivity index (χ4v) is 3.44. The number of nitrogens with one attached hydrogen (secondary N) is 3. The molecule has 0 spiro atoms. The van der Waals surface area contributed by atoms with Crippen LogP contribution in [-0.4, -0.2) is 44.7 Å². The van der Waals surface area contributed by atoms with E-state index >= 15 is 0 Å². The lowest BCUT2D eigenvalue weighted by Gasteiger charge is -2.11. The molecule has 0 radical (unpaired) electrons. The number of aromatic nitrogens is 2. The second kappa shape index (κ2) is 10.6. The highest BCUT2D eigenvalue weighted by Crippen LogP contribution is 2.29. The molecule has 4 aromatic rings. The Balaban J connectivity index is 1.47. The summed E-state index contributed by atoms with van der Waals surface area (Å²) in [7, 11) is 6.28. The number of anilines is 2. The molecule has 4 rings (SSSR count). The molecule has 1 aromatic heterocycles. The van der Waals surface area contributed by atoms with E-state index in [0.717, 1.165) is 11.1 Å². The monoisotopic (exact) mass is 478 g/mol. The van der Waals surface area contributed by atoms with Gasteiger partial charge in [-0.2, -0.15) is 5.10 Å². The van der Waals surface area contributed by atoms with Crippen LogP contribution in [0.2, 0.25) is 0 Å². The van der Waals surface area contributed by atoms with E-state index < -0.39 is 6.03 Å². The van der Waals surface area contributed by atoms with E-state index in [0.29, 0.717) is 52.2 Å². The number of aromatic amines is 1. The van der Waals surface area contributed by atoms with Gasteiger partial charge in [0.05, 0.1) is 34.0 Å². The number of amides is 2. The third-order valence-electron chi connectivity index (χ3n) is 5.19. The molecule has 0 fully saturated rings. The van der Waals surface area contributed by atoms with Gasteiger partial charge in [0.25, 0.3) is 0 Å². The molecule has 0 saturated heterocycles. The van der Waals surface area contributed by atoms with Crippen LogP contribution in [0.25, 0.3) is 10.9 Å². The van der Waals surface area contributed by atoms with Gasteiger partial charge in [0.15, 0.2) is 5.82 Å². The number of nitrogens with zero attached hydrogens (tertiary/aromatic N) is 1. The summed E-state index contributed by atoms with van der Waals surface area (Å²) in [6, 6.07) is 15.6. The van der Waals surface area contributed by atoms with Crippen molar-refractivity contribution in [3.8, 4) is 28.7 Å². The summed E-state index contributed by atoms with van der Waals surface area (Å²) in [6.45, 7) is 0.303. The lowest BCUT2D eigenvalue weighted by atomic mass is 10.2. The highest BCUT2D eigenvalue weighted by atomic mass is 16.5. The van der Waals surface area contributed by atoms with E-state index in [4.69, 9.17) is 23.7 Å². The quantitative estimate of drug-likeness (QED) is 0.316. The summed E-state index contributed by atoms with van der Waals surface area (Å²) in [5.74, 6) is 3.45. The van der Waals surface area contributed by atoms with Crippen molar-refractivity contribution in [2.75, 3.05) is 39.1 Å². The minimum Gasteiger partial charge on any atom is -0.497 e. The number of ether oxygens (including phenoxy) is 5. The first-order valence-electron chi connectivity index (χ1n) is 10.6. The first kappa shape index (κ1) is 23.6. The number of carbonyl (C=O) groups excluding carboxylic acids is 1. The molecule has 0 aliphatic heterocycles. The maximum atomic E-state index is 12.6. The molecule has 0 saturated carbocycles. The first-order chi connectivity index (χ1) is 17.0. The summed E-state index contributed by atoms with van der Waals surface area (Å²) in [4.78, 5) is 12.6. The molecule has 0 bridgehead atoms. The zero-order chi connectivity index (χ0) is 24.8. The molecule has 3 N–H and O–H groups in total. The first-order valence-corrected chi connectivity index (χ1v) is 10.6. The molecule has 182 valence electrons. The number of methoxy groups -OCH3 is 4. The largest absolute Gasteiger partial charge is 0.497 e. The number of H-pyrrole nitrogens is 1. The number of rotatable bonds is 9. The lowest BCUT2D eigenvalue weighted by molar-refractivity contribution is 0.262. The number of hydrogen-bond acceptors (Lipinski definition) is 7. The Morgan fingerprint density at radius 1 is 0.771 bits per heavy atom. The highest BCUT2D eigenvalue weighted by Gasteiger charge is 2.12. The second-order valence-electron chi connectivity index (χ2n) is 7.47. The van der Waals surface area contributed by atoms with Crippen LogP contribution in [0.5, 0.6) is 28.7 Å². The van der Waals surface area contributed by atoms with Crippen molar-refractivity contribution < 1.29 is 28.5 Å². The zero-order valence-electron chi connectivity index (χ0n) is 19.8. The van der Waals surface area contributed by atoms with Crippen LogP contribution < -0.4 is 34.3 Å². The number of hydrogen-bond donors (Lipinski definition) is 3. The summed E-state index contributed by atoms with van der Waals surface area (Å²) in [5, 5.41) is 13.3. The van der Waals surface area contributed by atoms with Crippen LogP contribution in [0.3, 0.4) is 0 Å². The van der Waals surface area contributed by atoms with Crippen molar-refractivity contribution in [3.63, 3.8) is 0 Å². The Kier molecular flexibility index (Phi) is 7.10. The van der Waals surface area contributed by atoms with Crippen LogP contribution >= 0.6 is 0 Å². The predicted octanol–water partition coefficient (Wildman–Crippen LogP) is 4.82. The van der Waals surface area contributed by atoms with Crippen molar-refractivity contribution in [1.29, 1.82) is 0 Å². The Labute approximate surface area is 202 Å². The minimum atomic E-state index is -0.469. The van der Waals surface area contributed by atoms with Crippen LogP contribution in [0.1, 0.15) is 5.56 Å². The van der Waals surface area contributed by atoms with E-state index in [2.05, 4.69) is 20.8 Å². The SMILES string of the molecule is COc1cc(COc2ccc3[nH]nc(NC(=O)Nc4cc(OC)cc(OC)c4)c3c2)cc(OC)c1. The summed E-state index contributed by atoms with van der Waals surface area (Å²) in [6.07, 6.45) is 0. The molecule has 0 aliphatic rings. The van der Waals surface area contributed by atoms with Gasteiger partial charge < -0.3 is 29.0 Å². The average molecular weight is 479 g/mol. The van der Waals surface area contributed by atoms with Gasteiger partial charge in [0.1, 0.15) is 35.4 Å². The van der Waals surface area contributed by atoms with Gasteiger partial charge >= 0.3 is 6.03 Å². The minimum absolute atomic E-state index is 0.303. The zero-order valence-corrected chi connectivity index (χ0v) is 19.8. The van der Waals surface area contributed by atoms with Gasteiger partial charge in [-0.1, -0.05) is 0 Å². The Morgan fingerprint density at radius 3 is 1.97 bits per heavy atom. The van der Waals surface area contributed by atoms with E-state index in [1.165, 1.54) is 0 Å². The van der Waals surface area contributed by atoms with E-state index in [1.54, 1.807) is 58.8 Å². The summed E-state index contributed by atoms with van der Waals surface area (Å²) < 4.78 is 27.1. The Morgan fingerprint density at radius 2 is 1.37 bits per heavy atom. The average Bonchev–Trinajstić information content (AvgIpc) is 3.28. The van der Waals surface area contributed by atoms with Gasteiger partial charge in [-0.05, 0) is 35.9 Å². The number of benzene rings is 3. The number of carbonyl (C=O) groups is 1. The standard InChI is InChI=1S/C25H26N4O6/c1-31-18-7-15(8-19(11-18)32-2)14-35-17-5-6-23-22(13-17)24(29-28-23)27-25(30)26-16-9-20(33-3)12-21(10-16)34-4/h5-13H,14H2,1-4H3,(H3,26,27,28,29,30).